The summed E-state index contributed by atoms with van der Waals surface area (Å²) in [5.41, 5.74) is 1.69. The Labute approximate surface area is 103 Å². The van der Waals surface area contributed by atoms with E-state index in [0.29, 0.717) is 6.54 Å². The third kappa shape index (κ3) is 2.60. The molecule has 2 aromatic rings. The van der Waals surface area contributed by atoms with Gasteiger partial charge in [0.1, 0.15) is 0 Å². The Bertz CT molecular complexity index is 537. The first-order valence-electron chi connectivity index (χ1n) is 5.28. The van der Waals surface area contributed by atoms with Crippen molar-refractivity contribution in [2.24, 2.45) is 0 Å². The third-order valence-corrected chi connectivity index (χ3v) is 2.45. The number of hydrogen-bond acceptors (Lipinski definition) is 5. The van der Waals surface area contributed by atoms with Gasteiger partial charge in [0, 0.05) is 29.9 Å². The zero-order valence-corrected chi connectivity index (χ0v) is 9.75. The predicted molar refractivity (Wildman–Crippen MR) is 65.7 cm³/mol. The summed E-state index contributed by atoms with van der Waals surface area (Å²) in [6, 6.07) is 6.49. The molecule has 0 amide bonds. The van der Waals surface area contributed by atoms with Crippen molar-refractivity contribution in [3.05, 3.63) is 52.5 Å². The number of nitro groups is 1. The van der Waals surface area contributed by atoms with Gasteiger partial charge in [-0.1, -0.05) is 0 Å². The highest BCUT2D eigenvalue weighted by Crippen LogP contribution is 2.29. The average molecular weight is 248 g/mol. The molecule has 6 nitrogen and oxygen atoms in total. The monoisotopic (exact) mass is 248 g/mol. The zero-order chi connectivity index (χ0) is 13.0. The van der Waals surface area contributed by atoms with E-state index in [4.69, 9.17) is 9.15 Å². The smallest absolute Gasteiger partial charge is 0.311 e. The van der Waals surface area contributed by atoms with Crippen LogP contribution in [-0.2, 0) is 6.54 Å². The van der Waals surface area contributed by atoms with Gasteiger partial charge in [-0.15, -0.1) is 0 Å². The van der Waals surface area contributed by atoms with Crippen LogP contribution in [0.4, 0.5) is 11.4 Å². The number of nitrogens with one attached hydrogen (secondary N) is 1. The minimum atomic E-state index is -0.474. The predicted octanol–water partition coefficient (Wildman–Crippen LogP) is 2.81. The number of methoxy groups -OCH3 is 1. The Balaban J connectivity index is 2.12. The highest BCUT2D eigenvalue weighted by molar-refractivity contribution is 5.58. The molecule has 6 heteroatoms. The molecule has 0 saturated carbocycles. The minimum absolute atomic E-state index is 0.0497. The van der Waals surface area contributed by atoms with Gasteiger partial charge < -0.3 is 14.5 Å². The lowest BCUT2D eigenvalue weighted by atomic mass is 10.2. The molecule has 0 unspecified atom stereocenters. The van der Waals surface area contributed by atoms with E-state index in [1.165, 1.54) is 13.2 Å². The SMILES string of the molecule is COc1cc(NCc2ccoc2)ccc1[N+](=O)[O-]. The standard InChI is InChI=1S/C12H12N2O4/c1-17-12-6-10(2-3-11(12)14(15)16)13-7-9-4-5-18-8-9/h2-6,8,13H,7H2,1H3. The number of furan rings is 1. The van der Waals surface area contributed by atoms with Crippen molar-refractivity contribution in [1.82, 2.24) is 0 Å². The van der Waals surface area contributed by atoms with Gasteiger partial charge in [0.15, 0.2) is 5.75 Å². The fourth-order valence-corrected chi connectivity index (χ4v) is 1.54. The van der Waals surface area contributed by atoms with Gasteiger partial charge in [-0.05, 0) is 12.1 Å². The molecule has 1 N–H and O–H groups in total. The van der Waals surface area contributed by atoms with Crippen LogP contribution in [-0.4, -0.2) is 12.0 Å². The Morgan fingerprint density at radius 1 is 1.44 bits per heavy atom. The number of rotatable bonds is 5. The fraction of sp³-hybridized carbons (Fsp3) is 0.167. The summed E-state index contributed by atoms with van der Waals surface area (Å²) in [4.78, 5) is 10.3. The first kappa shape index (κ1) is 12.0. The Hall–Kier alpha value is -2.50. The van der Waals surface area contributed by atoms with Crippen molar-refractivity contribution in [1.29, 1.82) is 0 Å². The van der Waals surface area contributed by atoms with Gasteiger partial charge in [-0.2, -0.15) is 0 Å². The van der Waals surface area contributed by atoms with Gasteiger partial charge >= 0.3 is 5.69 Å². The van der Waals surface area contributed by atoms with Gasteiger partial charge in [-0.3, -0.25) is 10.1 Å². The number of nitro benzene ring substituents is 1. The van der Waals surface area contributed by atoms with Crippen LogP contribution in [0.15, 0.2) is 41.2 Å². The lowest BCUT2D eigenvalue weighted by molar-refractivity contribution is -0.385. The number of benzene rings is 1. The molecule has 94 valence electrons. The molecule has 18 heavy (non-hydrogen) atoms. The molecule has 2 rings (SSSR count). The van der Waals surface area contributed by atoms with Crippen LogP contribution >= 0.6 is 0 Å². The summed E-state index contributed by atoms with van der Waals surface area (Å²) in [5.74, 6) is 0.234. The van der Waals surface area contributed by atoms with Crippen LogP contribution in [0.2, 0.25) is 0 Å². The van der Waals surface area contributed by atoms with E-state index in [-0.39, 0.29) is 11.4 Å². The molecule has 0 radical (unpaired) electrons. The molecule has 0 bridgehead atoms. The second-order valence-electron chi connectivity index (χ2n) is 3.63. The van der Waals surface area contributed by atoms with E-state index in [0.717, 1.165) is 11.3 Å². The third-order valence-electron chi connectivity index (χ3n) is 2.45. The molecule has 0 atom stereocenters. The molecule has 0 aliphatic carbocycles. The van der Waals surface area contributed by atoms with Gasteiger partial charge in [0.2, 0.25) is 0 Å². The summed E-state index contributed by atoms with van der Waals surface area (Å²) in [7, 11) is 1.40. The molecule has 1 aromatic carbocycles. The number of anilines is 1. The van der Waals surface area contributed by atoms with Gasteiger partial charge in [0.05, 0.1) is 24.6 Å². The molecular weight excluding hydrogens is 236 g/mol. The lowest BCUT2D eigenvalue weighted by Gasteiger charge is -2.07. The second-order valence-corrected chi connectivity index (χ2v) is 3.63. The van der Waals surface area contributed by atoms with Gasteiger partial charge in [-0.25, -0.2) is 0 Å². The van der Waals surface area contributed by atoms with E-state index in [1.54, 1.807) is 24.7 Å². The van der Waals surface area contributed by atoms with Crippen molar-refractivity contribution in [2.45, 2.75) is 6.54 Å². The summed E-state index contributed by atoms with van der Waals surface area (Å²) < 4.78 is 9.93. The van der Waals surface area contributed by atoms with Crippen molar-refractivity contribution < 1.29 is 14.1 Å². The van der Waals surface area contributed by atoms with Crippen LogP contribution < -0.4 is 10.1 Å². The maximum Gasteiger partial charge on any atom is 0.311 e. The fourth-order valence-electron chi connectivity index (χ4n) is 1.54. The van der Waals surface area contributed by atoms with Crippen molar-refractivity contribution in [3.63, 3.8) is 0 Å². The lowest BCUT2D eigenvalue weighted by Crippen LogP contribution is -2.00. The molecule has 0 fully saturated rings. The molecule has 1 heterocycles. The van der Waals surface area contributed by atoms with Crippen LogP contribution in [0.25, 0.3) is 0 Å². The van der Waals surface area contributed by atoms with E-state index in [2.05, 4.69) is 5.32 Å². The average Bonchev–Trinajstić information content (AvgIpc) is 2.88. The Morgan fingerprint density at radius 3 is 2.89 bits per heavy atom. The highest BCUT2D eigenvalue weighted by Gasteiger charge is 2.14. The molecule has 0 saturated heterocycles. The summed E-state index contributed by atoms with van der Waals surface area (Å²) in [5, 5.41) is 13.9. The molecule has 1 aromatic heterocycles. The Morgan fingerprint density at radius 2 is 2.28 bits per heavy atom. The molecule has 0 spiro atoms. The largest absolute Gasteiger partial charge is 0.490 e. The van der Waals surface area contributed by atoms with Gasteiger partial charge in [0.25, 0.3) is 0 Å². The van der Waals surface area contributed by atoms with Crippen molar-refractivity contribution >= 4 is 11.4 Å². The first-order valence-corrected chi connectivity index (χ1v) is 5.28. The van der Waals surface area contributed by atoms with Crippen LogP contribution in [0, 0.1) is 10.1 Å². The molecule has 0 aliphatic rings. The summed E-state index contributed by atoms with van der Waals surface area (Å²) >= 11 is 0. The second kappa shape index (κ2) is 5.22. The number of nitrogens with zero attached hydrogens (tertiary/aromatic N) is 1. The molecule has 0 aliphatic heterocycles. The van der Waals surface area contributed by atoms with Crippen molar-refractivity contribution in [2.75, 3.05) is 12.4 Å². The minimum Gasteiger partial charge on any atom is -0.490 e. The Kier molecular flexibility index (Phi) is 3.47. The maximum atomic E-state index is 10.7. The van der Waals surface area contributed by atoms with E-state index in [9.17, 15) is 10.1 Å². The van der Waals surface area contributed by atoms with E-state index >= 15 is 0 Å². The number of ether oxygens (including phenoxy) is 1. The molecular formula is C12H12N2O4. The van der Waals surface area contributed by atoms with Crippen molar-refractivity contribution in [3.8, 4) is 5.75 Å². The number of hydrogen-bond donors (Lipinski definition) is 1. The normalized spacial score (nSPS) is 10.1. The van der Waals surface area contributed by atoms with Crippen LogP contribution in [0.5, 0.6) is 5.75 Å². The highest BCUT2D eigenvalue weighted by atomic mass is 16.6. The van der Waals surface area contributed by atoms with Crippen LogP contribution in [0.1, 0.15) is 5.56 Å². The van der Waals surface area contributed by atoms with E-state index in [1.807, 2.05) is 6.07 Å². The quantitative estimate of drug-likeness (QED) is 0.650. The maximum absolute atomic E-state index is 10.7. The zero-order valence-electron chi connectivity index (χ0n) is 9.75. The topological polar surface area (TPSA) is 77.5 Å². The summed E-state index contributed by atoms with van der Waals surface area (Å²) in [6.45, 7) is 0.581. The van der Waals surface area contributed by atoms with E-state index < -0.39 is 4.92 Å². The summed E-state index contributed by atoms with van der Waals surface area (Å²) in [6.07, 6.45) is 3.23. The van der Waals surface area contributed by atoms with Crippen LogP contribution in [0.3, 0.4) is 0 Å². The first-order chi connectivity index (χ1) is 8.70.